The summed E-state index contributed by atoms with van der Waals surface area (Å²) in [4.78, 5) is 3.43. The van der Waals surface area contributed by atoms with Crippen molar-refractivity contribution in [1.29, 1.82) is 0 Å². The van der Waals surface area contributed by atoms with Crippen LogP contribution < -0.4 is 4.74 Å². The molecule has 1 heterocycles. The summed E-state index contributed by atoms with van der Waals surface area (Å²) in [7, 11) is 0. The average molecular weight is 302 g/mol. The predicted molar refractivity (Wildman–Crippen MR) is 51.1 cm³/mol. The number of aliphatic hydroxyl groups is 1. The largest absolute Gasteiger partial charge is 0.574 e. The second-order valence-corrected chi connectivity index (χ2v) is 3.32. The second kappa shape index (κ2) is 4.88. The Bertz CT molecular complexity index is 358. The van der Waals surface area contributed by atoms with Crippen LogP contribution >= 0.6 is 15.9 Å². The zero-order valence-corrected chi connectivity index (χ0v) is 9.34. The summed E-state index contributed by atoms with van der Waals surface area (Å²) in [6, 6.07) is 0.828. The average Bonchev–Trinajstić information content (AvgIpc) is 2.18. The monoisotopic (exact) mass is 301 g/mol. The van der Waals surface area contributed by atoms with Crippen LogP contribution in [0.2, 0.25) is 0 Å². The molecule has 0 aliphatic heterocycles. The Kier molecular flexibility index (Phi) is 3.98. The molecule has 8 heteroatoms. The first kappa shape index (κ1) is 13.0. The van der Waals surface area contributed by atoms with E-state index in [0.29, 0.717) is 0 Å². The van der Waals surface area contributed by atoms with Gasteiger partial charge in [-0.05, 0) is 0 Å². The lowest BCUT2D eigenvalue weighted by Crippen LogP contribution is -2.18. The van der Waals surface area contributed by atoms with Gasteiger partial charge in [0.15, 0.2) is 0 Å². The summed E-state index contributed by atoms with van der Waals surface area (Å²) in [5.41, 5.74) is -0.116. The number of rotatable bonds is 3. The molecule has 0 fully saturated rings. The minimum Gasteiger partial charge on any atom is -0.506 e. The van der Waals surface area contributed by atoms with Crippen LogP contribution in [-0.4, -0.2) is 21.6 Å². The second-order valence-electron chi connectivity index (χ2n) is 2.75. The molecular formula is C8H7BrF3NO3. The van der Waals surface area contributed by atoms with Gasteiger partial charge in [0.2, 0.25) is 5.88 Å². The Balaban J connectivity index is 3.12. The van der Waals surface area contributed by atoms with E-state index in [2.05, 4.69) is 25.7 Å². The molecule has 0 amide bonds. The molecule has 4 nitrogen and oxygen atoms in total. The highest BCUT2D eigenvalue weighted by Crippen LogP contribution is 2.29. The molecule has 90 valence electrons. The van der Waals surface area contributed by atoms with Gasteiger partial charge in [0.1, 0.15) is 5.75 Å². The molecule has 1 rings (SSSR count). The number of aliphatic hydroxyl groups excluding tert-OH is 1. The number of pyridine rings is 1. The topological polar surface area (TPSA) is 62.6 Å². The normalized spacial score (nSPS) is 11.6. The van der Waals surface area contributed by atoms with Gasteiger partial charge in [-0.3, -0.25) is 0 Å². The van der Waals surface area contributed by atoms with Crippen molar-refractivity contribution >= 4 is 15.9 Å². The minimum atomic E-state index is -4.86. The maximum absolute atomic E-state index is 11.9. The van der Waals surface area contributed by atoms with Gasteiger partial charge < -0.3 is 14.9 Å². The van der Waals surface area contributed by atoms with Crippen LogP contribution in [-0.2, 0) is 11.9 Å². The lowest BCUT2D eigenvalue weighted by atomic mass is 10.2. The van der Waals surface area contributed by atoms with E-state index in [1.165, 1.54) is 0 Å². The molecule has 0 aliphatic carbocycles. The van der Waals surface area contributed by atoms with Crippen molar-refractivity contribution in [2.75, 3.05) is 0 Å². The molecule has 1 aromatic heterocycles. The quantitative estimate of drug-likeness (QED) is 0.839. The zero-order chi connectivity index (χ0) is 12.3. The van der Waals surface area contributed by atoms with Crippen LogP contribution in [0.4, 0.5) is 13.2 Å². The van der Waals surface area contributed by atoms with Crippen molar-refractivity contribution in [2.24, 2.45) is 0 Å². The summed E-state index contributed by atoms with van der Waals surface area (Å²) in [5.74, 6) is -1.07. The summed E-state index contributed by atoms with van der Waals surface area (Å²) >= 11 is 2.94. The fraction of sp³-hybridized carbons (Fsp3) is 0.375. The van der Waals surface area contributed by atoms with Gasteiger partial charge in [-0.2, -0.15) is 0 Å². The maximum atomic E-state index is 11.9. The fourth-order valence-corrected chi connectivity index (χ4v) is 1.40. The molecule has 1 aromatic rings. The third-order valence-electron chi connectivity index (χ3n) is 1.64. The molecular weight excluding hydrogens is 295 g/mol. The maximum Gasteiger partial charge on any atom is 0.574 e. The highest BCUT2D eigenvalue weighted by molar-refractivity contribution is 9.08. The van der Waals surface area contributed by atoms with Crippen molar-refractivity contribution < 1.29 is 28.1 Å². The lowest BCUT2D eigenvalue weighted by Gasteiger charge is -2.11. The number of halogens is 4. The first-order chi connectivity index (χ1) is 7.37. The molecule has 0 aromatic carbocycles. The van der Waals surface area contributed by atoms with Gasteiger partial charge in [-0.25, -0.2) is 4.98 Å². The third-order valence-corrected chi connectivity index (χ3v) is 2.17. The summed E-state index contributed by atoms with van der Waals surface area (Å²) in [6.45, 7) is -0.609. The molecule has 0 atom stereocenters. The van der Waals surface area contributed by atoms with E-state index in [1.54, 1.807) is 0 Å². The standard InChI is InChI=1S/C8H7BrF3NO3/c9-2-5-7(15)4(3-14)1-6(13-5)16-8(10,11)12/h1,14-15H,2-3H2. The van der Waals surface area contributed by atoms with Gasteiger partial charge in [0.05, 0.1) is 12.3 Å². The first-order valence-electron chi connectivity index (χ1n) is 4.01. The molecule has 0 saturated carbocycles. The van der Waals surface area contributed by atoms with Crippen molar-refractivity contribution in [1.82, 2.24) is 4.98 Å². The van der Waals surface area contributed by atoms with Gasteiger partial charge in [-0.15, -0.1) is 13.2 Å². The third kappa shape index (κ3) is 3.24. The van der Waals surface area contributed by atoms with E-state index < -0.39 is 18.8 Å². The number of hydrogen-bond donors (Lipinski definition) is 2. The van der Waals surface area contributed by atoms with Crippen LogP contribution in [0.1, 0.15) is 11.3 Å². The van der Waals surface area contributed by atoms with Gasteiger partial charge >= 0.3 is 6.36 Å². The van der Waals surface area contributed by atoms with Crippen molar-refractivity contribution in [3.63, 3.8) is 0 Å². The van der Waals surface area contributed by atoms with Crippen LogP contribution in [0.25, 0.3) is 0 Å². The Hall–Kier alpha value is -1.02. The summed E-state index contributed by atoms with van der Waals surface area (Å²) < 4.78 is 39.3. The van der Waals surface area contributed by atoms with E-state index in [1.807, 2.05) is 0 Å². The SMILES string of the molecule is OCc1cc(OC(F)(F)F)nc(CBr)c1O. The lowest BCUT2D eigenvalue weighted by molar-refractivity contribution is -0.276. The number of hydrogen-bond acceptors (Lipinski definition) is 4. The molecule has 0 saturated heterocycles. The minimum absolute atomic E-state index is 0.0363. The molecule has 2 N–H and O–H groups in total. The van der Waals surface area contributed by atoms with Crippen LogP contribution in [0.15, 0.2) is 6.07 Å². The van der Waals surface area contributed by atoms with E-state index in [-0.39, 0.29) is 22.3 Å². The first-order valence-corrected chi connectivity index (χ1v) is 5.14. The van der Waals surface area contributed by atoms with Crippen molar-refractivity contribution in [3.05, 3.63) is 17.3 Å². The van der Waals surface area contributed by atoms with E-state index in [4.69, 9.17) is 5.11 Å². The van der Waals surface area contributed by atoms with Crippen LogP contribution in [0, 0.1) is 0 Å². The highest BCUT2D eigenvalue weighted by atomic mass is 79.9. The number of aromatic hydroxyl groups is 1. The van der Waals surface area contributed by atoms with Crippen molar-refractivity contribution in [2.45, 2.75) is 18.3 Å². The van der Waals surface area contributed by atoms with Gasteiger partial charge in [-0.1, -0.05) is 15.9 Å². The molecule has 0 radical (unpaired) electrons. The predicted octanol–water partition coefficient (Wildman–Crippen LogP) is 2.07. The molecule has 16 heavy (non-hydrogen) atoms. The highest BCUT2D eigenvalue weighted by Gasteiger charge is 2.32. The smallest absolute Gasteiger partial charge is 0.506 e. The molecule has 0 spiro atoms. The Labute approximate surface area is 96.8 Å². The Morgan fingerprint density at radius 2 is 2.06 bits per heavy atom. The number of ether oxygens (including phenoxy) is 1. The molecule has 0 unspecified atom stereocenters. The van der Waals surface area contributed by atoms with Crippen molar-refractivity contribution in [3.8, 4) is 11.6 Å². The fourth-order valence-electron chi connectivity index (χ4n) is 1.01. The summed E-state index contributed by atoms with van der Waals surface area (Å²) in [6.07, 6.45) is -4.86. The van der Waals surface area contributed by atoms with E-state index >= 15 is 0 Å². The van der Waals surface area contributed by atoms with Gasteiger partial charge in [0.25, 0.3) is 0 Å². The number of nitrogens with zero attached hydrogens (tertiary/aromatic N) is 1. The summed E-state index contributed by atoms with van der Waals surface area (Å²) in [5, 5.41) is 18.3. The number of alkyl halides is 4. The number of aromatic nitrogens is 1. The van der Waals surface area contributed by atoms with E-state index in [9.17, 15) is 18.3 Å². The van der Waals surface area contributed by atoms with Crippen LogP contribution in [0.3, 0.4) is 0 Å². The Morgan fingerprint density at radius 1 is 1.44 bits per heavy atom. The molecule has 0 bridgehead atoms. The van der Waals surface area contributed by atoms with Gasteiger partial charge in [0, 0.05) is 17.0 Å². The molecule has 0 aliphatic rings. The zero-order valence-electron chi connectivity index (χ0n) is 7.75. The van der Waals surface area contributed by atoms with Crippen LogP contribution in [0.5, 0.6) is 11.6 Å². The van der Waals surface area contributed by atoms with E-state index in [0.717, 1.165) is 6.07 Å². The Morgan fingerprint density at radius 3 is 2.50 bits per heavy atom.